The highest BCUT2D eigenvalue weighted by atomic mass is 79.9. The minimum Gasteiger partial charge on any atom is -0.313 e. The molecule has 0 aliphatic heterocycles. The second kappa shape index (κ2) is 8.36. The van der Waals surface area contributed by atoms with Crippen molar-refractivity contribution in [2.75, 3.05) is 0 Å². The van der Waals surface area contributed by atoms with E-state index in [1.54, 1.807) is 6.92 Å². The van der Waals surface area contributed by atoms with Crippen molar-refractivity contribution in [2.24, 2.45) is 0 Å². The normalized spacial score (nSPS) is 15.4. The highest BCUT2D eigenvalue weighted by Crippen LogP contribution is 2.39. The van der Waals surface area contributed by atoms with Crippen molar-refractivity contribution < 1.29 is 9.59 Å². The Morgan fingerprint density at radius 2 is 1.59 bits per heavy atom. The van der Waals surface area contributed by atoms with Gasteiger partial charge in [-0.2, -0.15) is 0 Å². The molecule has 0 N–H and O–H groups in total. The van der Waals surface area contributed by atoms with Gasteiger partial charge in [0.1, 0.15) is 0 Å². The molecule has 4 aromatic rings. The lowest BCUT2D eigenvalue weighted by atomic mass is 9.82. The Kier molecular flexibility index (Phi) is 5.40. The monoisotopic (exact) mass is 483 g/mol. The molecule has 0 bridgehead atoms. The quantitative estimate of drug-likeness (QED) is 0.292. The molecule has 0 fully saturated rings. The van der Waals surface area contributed by atoms with Gasteiger partial charge in [-0.25, -0.2) is 0 Å². The van der Waals surface area contributed by atoms with Crippen LogP contribution in [0.4, 0.5) is 0 Å². The van der Waals surface area contributed by atoms with Gasteiger partial charge in [-0.05, 0) is 72.9 Å². The number of nitrogens with zero attached hydrogens (tertiary/aromatic N) is 1. The number of Topliss-reactive ketones (excluding diaryl/α,β-unsaturated/α-hetero) is 2. The number of ketones is 2. The van der Waals surface area contributed by atoms with Gasteiger partial charge in [-0.1, -0.05) is 58.4 Å². The van der Waals surface area contributed by atoms with Crippen molar-refractivity contribution in [2.45, 2.75) is 25.7 Å². The van der Waals surface area contributed by atoms with Crippen molar-refractivity contribution in [3.05, 3.63) is 112 Å². The zero-order chi connectivity index (χ0) is 22.2. The lowest BCUT2D eigenvalue weighted by molar-refractivity contribution is 0.0962. The molecule has 1 aliphatic rings. The van der Waals surface area contributed by atoms with Crippen molar-refractivity contribution >= 4 is 27.5 Å². The summed E-state index contributed by atoms with van der Waals surface area (Å²) in [6, 6.07) is 28.1. The van der Waals surface area contributed by atoms with E-state index in [-0.39, 0.29) is 17.5 Å². The average molecular weight is 484 g/mol. The van der Waals surface area contributed by atoms with Gasteiger partial charge in [0.15, 0.2) is 11.6 Å². The smallest absolute Gasteiger partial charge is 0.165 e. The maximum absolute atomic E-state index is 13.2. The lowest BCUT2D eigenvalue weighted by Gasteiger charge is -2.24. The fraction of sp³-hybridized carbons (Fsp3) is 0.143. The van der Waals surface area contributed by atoms with Crippen molar-refractivity contribution in [1.29, 1.82) is 0 Å². The van der Waals surface area contributed by atoms with Gasteiger partial charge in [0.05, 0.1) is 5.69 Å². The predicted molar refractivity (Wildman–Crippen MR) is 131 cm³/mol. The van der Waals surface area contributed by atoms with E-state index >= 15 is 0 Å². The van der Waals surface area contributed by atoms with E-state index in [2.05, 4.69) is 44.8 Å². The van der Waals surface area contributed by atoms with Crippen LogP contribution >= 0.6 is 15.9 Å². The molecule has 4 heteroatoms. The molecule has 5 rings (SSSR count). The summed E-state index contributed by atoms with van der Waals surface area (Å²) in [6.45, 7) is 1.57. The maximum atomic E-state index is 13.2. The summed E-state index contributed by atoms with van der Waals surface area (Å²) in [5, 5.41) is 0. The number of benzene rings is 3. The highest BCUT2D eigenvalue weighted by molar-refractivity contribution is 9.10. The topological polar surface area (TPSA) is 39.1 Å². The van der Waals surface area contributed by atoms with E-state index in [4.69, 9.17) is 0 Å². The van der Waals surface area contributed by atoms with Crippen LogP contribution in [0.2, 0.25) is 0 Å². The molecule has 0 amide bonds. The summed E-state index contributed by atoms with van der Waals surface area (Å²) in [5.74, 6) is 0.371. The third-order valence-electron chi connectivity index (χ3n) is 6.22. The molecule has 0 spiro atoms. The molecule has 1 aliphatic carbocycles. The molecule has 0 saturated carbocycles. The van der Waals surface area contributed by atoms with E-state index in [0.29, 0.717) is 12.0 Å². The number of aromatic nitrogens is 1. The van der Waals surface area contributed by atoms with Crippen molar-refractivity contribution in [3.8, 4) is 16.9 Å². The SMILES string of the molecule is CC(=O)c1ccc(-n2c(-c3ccc(Br)cc3)cc3c2C[C@H](c2ccccc2)CC3=O)cc1. The standard InChI is InChI=1S/C28H22BrNO2/c1-18(31)19-9-13-24(14-10-19)30-26(21-7-11-23(29)12-8-21)17-25-27(30)15-22(16-28(25)32)20-5-3-2-4-6-20/h2-14,17,22H,15-16H2,1H3/t22-/m0/s1. The molecule has 1 heterocycles. The van der Waals surface area contributed by atoms with Crippen molar-refractivity contribution in [1.82, 2.24) is 4.57 Å². The third-order valence-corrected chi connectivity index (χ3v) is 6.75. The Balaban J connectivity index is 1.68. The van der Waals surface area contributed by atoms with Gasteiger partial charge < -0.3 is 4.57 Å². The molecule has 32 heavy (non-hydrogen) atoms. The minimum atomic E-state index is 0.0403. The first-order valence-electron chi connectivity index (χ1n) is 10.7. The van der Waals surface area contributed by atoms with E-state index in [9.17, 15) is 9.59 Å². The van der Waals surface area contributed by atoms with Crippen LogP contribution in [0.25, 0.3) is 16.9 Å². The van der Waals surface area contributed by atoms with Crippen LogP contribution in [-0.2, 0) is 6.42 Å². The van der Waals surface area contributed by atoms with Crippen LogP contribution in [0, 0.1) is 0 Å². The Labute approximate surface area is 195 Å². The Morgan fingerprint density at radius 3 is 2.25 bits per heavy atom. The molecular formula is C28H22BrNO2. The maximum Gasteiger partial charge on any atom is 0.165 e. The van der Waals surface area contributed by atoms with Crippen LogP contribution in [0.3, 0.4) is 0 Å². The molecule has 158 valence electrons. The van der Waals surface area contributed by atoms with Crippen molar-refractivity contribution in [3.63, 3.8) is 0 Å². The Bertz CT molecular complexity index is 1300. The van der Waals surface area contributed by atoms with E-state index in [1.165, 1.54) is 5.56 Å². The number of fused-ring (bicyclic) bond motifs is 1. The second-order valence-electron chi connectivity index (χ2n) is 8.27. The first kappa shape index (κ1) is 20.7. The lowest BCUT2D eigenvalue weighted by Crippen LogP contribution is -2.20. The van der Waals surface area contributed by atoms with Gasteiger partial charge in [0.25, 0.3) is 0 Å². The van der Waals surface area contributed by atoms with Gasteiger partial charge >= 0.3 is 0 Å². The Hall–Kier alpha value is -3.24. The summed E-state index contributed by atoms with van der Waals surface area (Å²) in [6.07, 6.45) is 1.31. The van der Waals surface area contributed by atoms with E-state index in [1.807, 2.05) is 60.7 Å². The summed E-state index contributed by atoms with van der Waals surface area (Å²) >= 11 is 3.51. The molecule has 0 radical (unpaired) electrons. The number of rotatable bonds is 4. The number of carbonyl (C=O) groups excluding carboxylic acids is 2. The van der Waals surface area contributed by atoms with Crippen LogP contribution < -0.4 is 0 Å². The number of halogens is 1. The van der Waals surface area contributed by atoms with Gasteiger partial charge in [-0.15, -0.1) is 0 Å². The number of hydrogen-bond donors (Lipinski definition) is 0. The summed E-state index contributed by atoms with van der Waals surface area (Å²) in [7, 11) is 0. The molecule has 0 saturated heterocycles. The summed E-state index contributed by atoms with van der Waals surface area (Å²) < 4.78 is 3.20. The van der Waals surface area contributed by atoms with Gasteiger partial charge in [0.2, 0.25) is 0 Å². The van der Waals surface area contributed by atoms with Crippen LogP contribution in [0.15, 0.2) is 89.4 Å². The summed E-state index contributed by atoms with van der Waals surface area (Å²) in [4.78, 5) is 25.0. The fourth-order valence-electron chi connectivity index (χ4n) is 4.57. The highest BCUT2D eigenvalue weighted by Gasteiger charge is 2.31. The minimum absolute atomic E-state index is 0.0403. The van der Waals surface area contributed by atoms with Gasteiger partial charge in [0, 0.05) is 33.4 Å². The van der Waals surface area contributed by atoms with Crippen LogP contribution in [0.1, 0.15) is 51.2 Å². The molecular weight excluding hydrogens is 462 g/mol. The number of carbonyl (C=O) groups is 2. The first-order valence-corrected chi connectivity index (χ1v) is 11.5. The zero-order valence-corrected chi connectivity index (χ0v) is 19.3. The zero-order valence-electron chi connectivity index (χ0n) is 17.7. The van der Waals surface area contributed by atoms with Crippen LogP contribution in [-0.4, -0.2) is 16.1 Å². The molecule has 1 atom stereocenters. The first-order chi connectivity index (χ1) is 15.5. The fourth-order valence-corrected chi connectivity index (χ4v) is 4.83. The number of hydrogen-bond acceptors (Lipinski definition) is 2. The third kappa shape index (κ3) is 3.76. The molecule has 0 unspecified atom stereocenters. The molecule has 3 aromatic carbocycles. The second-order valence-corrected chi connectivity index (χ2v) is 9.19. The predicted octanol–water partition coefficient (Wildman–Crippen LogP) is 7.02. The molecule has 3 nitrogen and oxygen atoms in total. The average Bonchev–Trinajstić information content (AvgIpc) is 3.20. The Morgan fingerprint density at radius 1 is 0.906 bits per heavy atom. The summed E-state index contributed by atoms with van der Waals surface area (Å²) in [5.41, 5.74) is 6.68. The van der Waals surface area contributed by atoms with Gasteiger partial charge in [-0.3, -0.25) is 9.59 Å². The van der Waals surface area contributed by atoms with Crippen LogP contribution in [0.5, 0.6) is 0 Å². The van der Waals surface area contributed by atoms with E-state index < -0.39 is 0 Å². The largest absolute Gasteiger partial charge is 0.313 e. The van der Waals surface area contributed by atoms with E-state index in [0.717, 1.165) is 39.1 Å². The molecule has 1 aromatic heterocycles.